The molecule has 2 aromatic rings. The van der Waals surface area contributed by atoms with Gasteiger partial charge in [-0.3, -0.25) is 4.79 Å². The summed E-state index contributed by atoms with van der Waals surface area (Å²) in [5.41, 5.74) is 0.500. The Hall–Kier alpha value is -2.09. The van der Waals surface area contributed by atoms with E-state index in [4.69, 9.17) is 0 Å². The predicted octanol–water partition coefficient (Wildman–Crippen LogP) is 4.73. The molecule has 1 aromatic heterocycles. The van der Waals surface area contributed by atoms with Crippen LogP contribution in [0.1, 0.15) is 46.7 Å². The molecule has 1 amide bonds. The van der Waals surface area contributed by atoms with Crippen LogP contribution in [0.25, 0.3) is 0 Å². The zero-order chi connectivity index (χ0) is 20.7. The van der Waals surface area contributed by atoms with Crippen LogP contribution in [0.2, 0.25) is 0 Å². The van der Waals surface area contributed by atoms with Crippen molar-refractivity contribution in [2.75, 3.05) is 31.1 Å². The van der Waals surface area contributed by atoms with Gasteiger partial charge in [-0.1, -0.05) is 26.8 Å². The van der Waals surface area contributed by atoms with Crippen LogP contribution in [0.15, 0.2) is 24.3 Å². The standard InChI is InChI=1S/C20H24F3N3OS/c1-13-16(28-18(24-13)19(2,3)4)17(27)26-10-8-25(9-11-26)15-7-5-6-14(12-15)20(21,22)23/h5-7,12H,8-11H2,1-4H3. The number of piperazine rings is 1. The fourth-order valence-corrected chi connectivity index (χ4v) is 4.20. The first-order valence-corrected chi connectivity index (χ1v) is 9.98. The molecule has 1 aromatic carbocycles. The number of anilines is 1. The molecule has 2 heterocycles. The summed E-state index contributed by atoms with van der Waals surface area (Å²) in [5.74, 6) is -0.0470. The van der Waals surface area contributed by atoms with E-state index >= 15 is 0 Å². The molecule has 152 valence electrons. The van der Waals surface area contributed by atoms with E-state index < -0.39 is 11.7 Å². The highest BCUT2D eigenvalue weighted by Crippen LogP contribution is 2.33. The number of alkyl halides is 3. The number of amides is 1. The monoisotopic (exact) mass is 411 g/mol. The quantitative estimate of drug-likeness (QED) is 0.717. The van der Waals surface area contributed by atoms with Crippen LogP contribution < -0.4 is 4.90 Å². The Bertz CT molecular complexity index is 862. The topological polar surface area (TPSA) is 36.4 Å². The Labute approximate surface area is 167 Å². The summed E-state index contributed by atoms with van der Waals surface area (Å²) >= 11 is 1.43. The summed E-state index contributed by atoms with van der Waals surface area (Å²) in [6.45, 7) is 9.97. The number of aromatic nitrogens is 1. The number of nitrogens with zero attached hydrogens (tertiary/aromatic N) is 3. The molecule has 0 atom stereocenters. The van der Waals surface area contributed by atoms with Gasteiger partial charge in [-0.2, -0.15) is 13.2 Å². The van der Waals surface area contributed by atoms with Crippen molar-refractivity contribution in [1.29, 1.82) is 0 Å². The Morgan fingerprint density at radius 2 is 1.75 bits per heavy atom. The van der Waals surface area contributed by atoms with Crippen LogP contribution >= 0.6 is 11.3 Å². The molecule has 0 aliphatic carbocycles. The van der Waals surface area contributed by atoms with E-state index in [-0.39, 0.29) is 11.3 Å². The van der Waals surface area contributed by atoms with Crippen LogP contribution in [-0.2, 0) is 11.6 Å². The number of carbonyl (C=O) groups is 1. The molecule has 0 radical (unpaired) electrons. The maximum atomic E-state index is 12.9. The van der Waals surface area contributed by atoms with E-state index in [1.54, 1.807) is 11.0 Å². The second kappa shape index (κ2) is 7.39. The van der Waals surface area contributed by atoms with Gasteiger partial charge in [0.05, 0.1) is 16.3 Å². The molecule has 3 rings (SSSR count). The smallest absolute Gasteiger partial charge is 0.368 e. The maximum Gasteiger partial charge on any atom is 0.416 e. The van der Waals surface area contributed by atoms with Gasteiger partial charge >= 0.3 is 6.18 Å². The Kier molecular flexibility index (Phi) is 5.44. The van der Waals surface area contributed by atoms with Gasteiger partial charge in [0.1, 0.15) is 4.88 Å². The normalized spacial score (nSPS) is 15.8. The first-order valence-electron chi connectivity index (χ1n) is 9.16. The largest absolute Gasteiger partial charge is 0.416 e. The molecule has 1 saturated heterocycles. The molecule has 0 saturated carbocycles. The number of halogens is 3. The molecule has 1 aliphatic heterocycles. The molecule has 4 nitrogen and oxygen atoms in total. The Morgan fingerprint density at radius 1 is 1.11 bits per heavy atom. The third-order valence-corrected chi connectivity index (χ3v) is 6.31. The average molecular weight is 411 g/mol. The first-order chi connectivity index (χ1) is 13.0. The zero-order valence-electron chi connectivity index (χ0n) is 16.4. The number of aryl methyl sites for hydroxylation is 1. The van der Waals surface area contributed by atoms with Crippen molar-refractivity contribution in [2.24, 2.45) is 0 Å². The Morgan fingerprint density at radius 3 is 2.29 bits per heavy atom. The molecular formula is C20H24F3N3OS. The SMILES string of the molecule is Cc1nc(C(C)(C)C)sc1C(=O)N1CCN(c2cccc(C(F)(F)F)c2)CC1. The van der Waals surface area contributed by atoms with E-state index in [9.17, 15) is 18.0 Å². The van der Waals surface area contributed by atoms with Crippen LogP contribution in [0, 0.1) is 6.92 Å². The lowest BCUT2D eigenvalue weighted by molar-refractivity contribution is -0.137. The fraction of sp³-hybridized carbons (Fsp3) is 0.500. The molecule has 28 heavy (non-hydrogen) atoms. The molecule has 1 aliphatic rings. The molecule has 0 bridgehead atoms. The highest BCUT2D eigenvalue weighted by Gasteiger charge is 2.32. The van der Waals surface area contributed by atoms with E-state index in [0.717, 1.165) is 16.8 Å². The summed E-state index contributed by atoms with van der Waals surface area (Å²) in [4.78, 5) is 21.8. The lowest BCUT2D eigenvalue weighted by atomic mass is 9.98. The summed E-state index contributed by atoms with van der Waals surface area (Å²) in [6.07, 6.45) is -4.36. The van der Waals surface area contributed by atoms with Crippen molar-refractivity contribution < 1.29 is 18.0 Å². The van der Waals surface area contributed by atoms with Crippen molar-refractivity contribution in [3.05, 3.63) is 45.4 Å². The van der Waals surface area contributed by atoms with Crippen molar-refractivity contribution in [3.63, 3.8) is 0 Å². The van der Waals surface area contributed by atoms with E-state index in [1.807, 2.05) is 11.8 Å². The van der Waals surface area contributed by atoms with E-state index in [2.05, 4.69) is 25.8 Å². The van der Waals surface area contributed by atoms with Crippen LogP contribution in [0.5, 0.6) is 0 Å². The lowest BCUT2D eigenvalue weighted by Gasteiger charge is -2.36. The minimum atomic E-state index is -4.36. The summed E-state index contributed by atoms with van der Waals surface area (Å²) < 4.78 is 38.8. The molecule has 0 spiro atoms. The van der Waals surface area contributed by atoms with Gasteiger partial charge in [0.25, 0.3) is 5.91 Å². The number of hydrogen-bond donors (Lipinski definition) is 0. The van der Waals surface area contributed by atoms with E-state index in [1.165, 1.54) is 23.5 Å². The number of hydrogen-bond acceptors (Lipinski definition) is 4. The minimum Gasteiger partial charge on any atom is -0.368 e. The zero-order valence-corrected chi connectivity index (χ0v) is 17.2. The molecule has 8 heteroatoms. The molecular weight excluding hydrogens is 387 g/mol. The van der Waals surface area contributed by atoms with Crippen molar-refractivity contribution in [1.82, 2.24) is 9.88 Å². The summed E-state index contributed by atoms with van der Waals surface area (Å²) in [6, 6.07) is 5.34. The van der Waals surface area contributed by atoms with Crippen molar-refractivity contribution in [3.8, 4) is 0 Å². The molecule has 1 fully saturated rings. The van der Waals surface area contributed by atoms with Gasteiger partial charge in [0, 0.05) is 37.3 Å². The van der Waals surface area contributed by atoms with Crippen LogP contribution in [0.4, 0.5) is 18.9 Å². The minimum absolute atomic E-state index is 0.0470. The highest BCUT2D eigenvalue weighted by atomic mass is 32.1. The van der Waals surface area contributed by atoms with Gasteiger partial charge in [0.2, 0.25) is 0 Å². The van der Waals surface area contributed by atoms with Gasteiger partial charge in [-0.15, -0.1) is 11.3 Å². The van der Waals surface area contributed by atoms with Crippen molar-refractivity contribution >= 4 is 22.9 Å². The van der Waals surface area contributed by atoms with E-state index in [0.29, 0.717) is 36.7 Å². The summed E-state index contributed by atoms with van der Waals surface area (Å²) in [7, 11) is 0. The first kappa shape index (κ1) is 20.6. The van der Waals surface area contributed by atoms with Gasteiger partial charge in [0.15, 0.2) is 0 Å². The maximum absolute atomic E-state index is 12.9. The third-order valence-electron chi connectivity index (χ3n) is 4.74. The average Bonchev–Trinajstić information content (AvgIpc) is 3.03. The van der Waals surface area contributed by atoms with Gasteiger partial charge in [-0.05, 0) is 25.1 Å². The fourth-order valence-electron chi connectivity index (χ4n) is 3.11. The highest BCUT2D eigenvalue weighted by molar-refractivity contribution is 7.14. The third kappa shape index (κ3) is 4.32. The van der Waals surface area contributed by atoms with Gasteiger partial charge in [-0.25, -0.2) is 4.98 Å². The number of rotatable bonds is 2. The summed E-state index contributed by atoms with van der Waals surface area (Å²) in [5, 5.41) is 0.927. The number of thiazole rings is 1. The lowest BCUT2D eigenvalue weighted by Crippen LogP contribution is -2.48. The van der Waals surface area contributed by atoms with Crippen LogP contribution in [0.3, 0.4) is 0 Å². The number of benzene rings is 1. The van der Waals surface area contributed by atoms with Gasteiger partial charge < -0.3 is 9.80 Å². The number of carbonyl (C=O) groups excluding carboxylic acids is 1. The predicted molar refractivity (Wildman–Crippen MR) is 105 cm³/mol. The molecule has 0 unspecified atom stereocenters. The van der Waals surface area contributed by atoms with Crippen molar-refractivity contribution in [2.45, 2.75) is 39.3 Å². The Balaban J connectivity index is 1.69. The molecule has 0 N–H and O–H groups in total. The second-order valence-corrected chi connectivity index (χ2v) is 9.01. The second-order valence-electron chi connectivity index (χ2n) is 8.01. The van der Waals surface area contributed by atoms with Crippen LogP contribution in [-0.4, -0.2) is 42.0 Å².